The summed E-state index contributed by atoms with van der Waals surface area (Å²) in [5.41, 5.74) is -6.90. The Bertz CT molecular complexity index is 2420. The maximum absolute atomic E-state index is 14.7. The molecule has 2 aliphatic rings. The molecule has 0 bridgehead atoms. The van der Waals surface area contributed by atoms with Crippen LogP contribution in [0.2, 0.25) is 0 Å². The zero-order valence-electron chi connectivity index (χ0n) is 49.1. The van der Waals surface area contributed by atoms with Crippen LogP contribution in [0, 0.1) is 0 Å². The average molecular weight is 1150 g/mol. The predicted octanol–water partition coefficient (Wildman–Crippen LogP) is 2.24. The van der Waals surface area contributed by atoms with Gasteiger partial charge < -0.3 is 88.7 Å². The second kappa shape index (κ2) is 31.6. The first-order valence-corrected chi connectivity index (χ1v) is 27.1. The summed E-state index contributed by atoms with van der Waals surface area (Å²) < 4.78 is 67.8. The molecule has 0 spiro atoms. The third kappa shape index (κ3) is 22.7. The van der Waals surface area contributed by atoms with E-state index in [0.29, 0.717) is 87.0 Å². The van der Waals surface area contributed by atoms with E-state index in [0.717, 1.165) is 0 Å². The smallest absolute Gasteiger partial charge is 0.408 e. The van der Waals surface area contributed by atoms with E-state index in [1.54, 1.807) is 57.2 Å². The number of esters is 1. The van der Waals surface area contributed by atoms with Crippen LogP contribution in [0.25, 0.3) is 0 Å². The van der Waals surface area contributed by atoms with Crippen LogP contribution < -0.4 is 50.8 Å². The lowest BCUT2D eigenvalue weighted by atomic mass is 9.89. The molecule has 2 aliphatic heterocycles. The summed E-state index contributed by atoms with van der Waals surface area (Å²) in [6.45, 7) is 21.1. The van der Waals surface area contributed by atoms with Gasteiger partial charge in [0, 0.05) is 12.8 Å². The second-order valence-electron chi connectivity index (χ2n) is 21.8. The van der Waals surface area contributed by atoms with Crippen LogP contribution in [0.4, 0.5) is 4.79 Å². The summed E-state index contributed by atoms with van der Waals surface area (Å²) in [4.78, 5) is 97.2. The molecule has 2 aromatic rings. The van der Waals surface area contributed by atoms with E-state index in [1.807, 2.05) is 0 Å². The van der Waals surface area contributed by atoms with Crippen LogP contribution in [-0.4, -0.2) is 194 Å². The van der Waals surface area contributed by atoms with Crippen LogP contribution in [0.1, 0.15) is 87.3 Å². The topological polar surface area (TPSA) is 302 Å². The summed E-state index contributed by atoms with van der Waals surface area (Å²) in [7, 11) is 1.17. The van der Waals surface area contributed by atoms with Gasteiger partial charge in [0.25, 0.3) is 0 Å². The maximum Gasteiger partial charge on any atom is 0.408 e. The fourth-order valence-corrected chi connectivity index (χ4v) is 7.81. The minimum Gasteiger partial charge on any atom is -0.487 e. The number of alkyl carbamates (subject to hydrolysis) is 1. The highest BCUT2D eigenvalue weighted by atomic mass is 16.6. The zero-order chi connectivity index (χ0) is 59.9. The first-order valence-electron chi connectivity index (χ1n) is 27.1. The molecular formula is C56H86N6O19. The Morgan fingerprint density at radius 3 is 1.14 bits per heavy atom. The molecule has 6 amide bonds. The number of amides is 6. The monoisotopic (exact) mass is 1150 g/mol. The van der Waals surface area contributed by atoms with Crippen LogP contribution in [0.5, 0.6) is 23.0 Å². The number of ether oxygens (including phenoxy) is 12. The number of methoxy groups -OCH3 is 1. The fourth-order valence-electron chi connectivity index (χ4n) is 7.81. The molecule has 2 heterocycles. The van der Waals surface area contributed by atoms with Gasteiger partial charge in [-0.05, 0) is 112 Å². The Kier molecular flexibility index (Phi) is 26.2. The van der Waals surface area contributed by atoms with Crippen molar-refractivity contribution in [2.75, 3.05) is 113 Å². The van der Waals surface area contributed by atoms with Crippen LogP contribution >= 0.6 is 0 Å². The van der Waals surface area contributed by atoms with E-state index in [4.69, 9.17) is 56.8 Å². The minimum atomic E-state index is -1.84. The first kappa shape index (κ1) is 67.0. The van der Waals surface area contributed by atoms with Gasteiger partial charge in [-0.25, -0.2) is 9.59 Å². The lowest BCUT2D eigenvalue weighted by Crippen LogP contribution is -2.67. The summed E-state index contributed by atoms with van der Waals surface area (Å²) in [5.74, 6) is -3.30. The molecule has 0 saturated heterocycles. The molecule has 0 radical (unpaired) electrons. The minimum absolute atomic E-state index is 0.141. The van der Waals surface area contributed by atoms with Crippen molar-refractivity contribution in [3.8, 4) is 23.0 Å². The molecule has 454 valence electrons. The highest BCUT2D eigenvalue weighted by Crippen LogP contribution is 2.32. The number of benzene rings is 2. The Morgan fingerprint density at radius 1 is 0.444 bits per heavy atom. The van der Waals surface area contributed by atoms with Crippen molar-refractivity contribution in [1.29, 1.82) is 0 Å². The summed E-state index contributed by atoms with van der Waals surface area (Å²) in [6, 6.07) is 7.56. The van der Waals surface area contributed by atoms with E-state index in [1.165, 1.54) is 62.5 Å². The first-order chi connectivity index (χ1) is 38.2. The van der Waals surface area contributed by atoms with Gasteiger partial charge >= 0.3 is 12.1 Å². The number of hydrogen-bond acceptors (Lipinski definition) is 19. The van der Waals surface area contributed by atoms with Crippen molar-refractivity contribution in [1.82, 2.24) is 31.9 Å². The van der Waals surface area contributed by atoms with Gasteiger partial charge in [-0.15, -0.1) is 0 Å². The maximum atomic E-state index is 14.7. The third-order valence-corrected chi connectivity index (χ3v) is 12.4. The fraction of sp³-hybridized carbons (Fsp3) is 0.661. The molecule has 25 heteroatoms. The molecule has 25 nitrogen and oxygen atoms in total. The van der Waals surface area contributed by atoms with Gasteiger partial charge in [0.05, 0.1) is 86.4 Å². The Hall–Kier alpha value is -6.51. The molecule has 2 aromatic carbocycles. The molecule has 4 rings (SSSR count). The van der Waals surface area contributed by atoms with Gasteiger partial charge in [-0.1, -0.05) is 12.1 Å². The molecule has 6 N–H and O–H groups in total. The lowest BCUT2D eigenvalue weighted by Gasteiger charge is -2.36. The summed E-state index contributed by atoms with van der Waals surface area (Å²) in [6.07, 6.45) is -1.21. The van der Waals surface area contributed by atoms with Gasteiger partial charge in [0.15, 0.2) is 23.0 Å². The number of nitrogens with one attached hydrogen (secondary N) is 6. The number of carbonyl (C=O) groups is 7. The largest absolute Gasteiger partial charge is 0.487 e. The van der Waals surface area contributed by atoms with Crippen molar-refractivity contribution in [3.63, 3.8) is 0 Å². The summed E-state index contributed by atoms with van der Waals surface area (Å²) in [5, 5.41) is 16.1. The Balaban J connectivity index is 1.60. The number of hydrogen-bond donors (Lipinski definition) is 6. The molecule has 81 heavy (non-hydrogen) atoms. The molecule has 4 atom stereocenters. The number of fused-ring (bicyclic) bond motifs is 2. The van der Waals surface area contributed by atoms with Crippen molar-refractivity contribution in [2.45, 2.75) is 129 Å². The van der Waals surface area contributed by atoms with Crippen molar-refractivity contribution in [3.05, 3.63) is 47.5 Å². The average Bonchev–Trinajstić information content (AvgIpc) is 3.43. The highest BCUT2D eigenvalue weighted by molar-refractivity contribution is 6.00. The standard InChI is InChI=1S/C56H86N6O19/c1-37(57-49(67)55(10,61-48(66)54(8,9)62-51(69)81-52(3,4)5)35-39-13-15-41-43(33-39)79-31-27-75-23-19-71-17-21-73-25-29-77-41)45(63)59-53(6,7)47(65)60-56(11,50(68)58-38(2)46(64)70-12)36-40-14-16-42-44(34-40)80-32-28-76-24-20-72-18-22-74-26-30-78-42/h13-16,33-34,37-38H,17-32,35-36H2,1-12H3,(H,57,67)(H,58,68)(H,59,63)(H,60,65)(H,61,66)(H,62,69)/t37-,38-,55-,56-/m0/s1. The van der Waals surface area contributed by atoms with Gasteiger partial charge in [-0.2, -0.15) is 0 Å². The Morgan fingerprint density at radius 2 is 0.778 bits per heavy atom. The Labute approximate surface area is 474 Å². The van der Waals surface area contributed by atoms with E-state index in [2.05, 4.69) is 31.9 Å². The van der Waals surface area contributed by atoms with E-state index < -0.39 is 81.4 Å². The SMILES string of the molecule is COC(=O)[C@H](C)NC(=O)[C@](C)(Cc1ccc2c(c1)OCCOCCOCCOCCO2)NC(=O)C(C)(C)NC(=O)[C@H](C)NC(=O)[C@](C)(Cc1ccc2c(c1)OCCOCCOCCOCCO2)NC(=O)C(C)(C)NC(=O)OC(C)(C)C. The molecular weight excluding hydrogens is 1060 g/mol. The predicted molar refractivity (Wildman–Crippen MR) is 293 cm³/mol. The highest BCUT2D eigenvalue weighted by Gasteiger charge is 2.44. The molecule has 0 fully saturated rings. The van der Waals surface area contributed by atoms with Crippen LogP contribution in [-0.2, 0) is 79.5 Å². The van der Waals surface area contributed by atoms with Crippen molar-refractivity contribution >= 4 is 41.6 Å². The summed E-state index contributed by atoms with van der Waals surface area (Å²) >= 11 is 0. The normalized spacial score (nSPS) is 18.0. The van der Waals surface area contributed by atoms with Crippen LogP contribution in [0.15, 0.2) is 36.4 Å². The van der Waals surface area contributed by atoms with Crippen LogP contribution in [0.3, 0.4) is 0 Å². The lowest BCUT2D eigenvalue weighted by molar-refractivity contribution is -0.146. The van der Waals surface area contributed by atoms with Gasteiger partial charge in [0.1, 0.15) is 66.3 Å². The third-order valence-electron chi connectivity index (χ3n) is 12.4. The molecule has 0 aromatic heterocycles. The van der Waals surface area contributed by atoms with E-state index in [-0.39, 0.29) is 65.7 Å². The van der Waals surface area contributed by atoms with Crippen molar-refractivity contribution < 1.29 is 90.4 Å². The number of rotatable bonds is 16. The van der Waals surface area contributed by atoms with E-state index >= 15 is 0 Å². The zero-order valence-corrected chi connectivity index (χ0v) is 49.1. The molecule has 0 unspecified atom stereocenters. The molecule has 0 saturated carbocycles. The van der Waals surface area contributed by atoms with Crippen molar-refractivity contribution in [2.24, 2.45) is 0 Å². The number of carbonyl (C=O) groups excluding carboxylic acids is 7. The quantitative estimate of drug-likeness (QED) is 0.131. The van der Waals surface area contributed by atoms with E-state index in [9.17, 15) is 33.6 Å². The van der Waals surface area contributed by atoms with Gasteiger partial charge in [0.2, 0.25) is 29.5 Å². The molecule has 0 aliphatic carbocycles. The second-order valence-corrected chi connectivity index (χ2v) is 21.8. The van der Waals surface area contributed by atoms with Gasteiger partial charge in [-0.3, -0.25) is 24.0 Å².